The van der Waals surface area contributed by atoms with Gasteiger partial charge >= 0.3 is 0 Å². The average molecular weight is 363 g/mol. The highest BCUT2D eigenvalue weighted by Gasteiger charge is 2.29. The Bertz CT molecular complexity index is 1080. The number of ether oxygens (including phenoxy) is 1. The van der Waals surface area contributed by atoms with Crippen LogP contribution in [0.15, 0.2) is 23.8 Å². The van der Waals surface area contributed by atoms with E-state index in [9.17, 15) is 10.5 Å². The lowest BCUT2D eigenvalue weighted by Gasteiger charge is -2.12. The van der Waals surface area contributed by atoms with Gasteiger partial charge in [0.15, 0.2) is 0 Å². The van der Waals surface area contributed by atoms with Crippen molar-refractivity contribution in [2.24, 2.45) is 0 Å². The Morgan fingerprint density at radius 3 is 2.58 bits per heavy atom. The number of hydrogen-bond donors (Lipinski definition) is 1. The molecule has 1 aliphatic rings. The highest BCUT2D eigenvalue weighted by atomic mass is 35.5. The molecule has 0 amide bonds. The molecule has 6 heteroatoms. The van der Waals surface area contributed by atoms with Crippen molar-refractivity contribution in [1.29, 1.82) is 10.5 Å². The standard InChI is InChI=1S/C20H15ClN4O/c1-10-14(7-12-6-13(21)4-5-17(12)26-3)18-11(2)16(9-23)20(24)25-19(18)15(10)8-22/h4-7H,1-3H3,(H2,24,25). The van der Waals surface area contributed by atoms with Gasteiger partial charge in [0.2, 0.25) is 0 Å². The Labute approximate surface area is 156 Å². The number of methoxy groups -OCH3 is 1. The molecule has 0 radical (unpaired) electrons. The summed E-state index contributed by atoms with van der Waals surface area (Å²) in [4.78, 5) is 4.32. The fraction of sp³-hybridized carbons (Fsp3) is 0.150. The topological polar surface area (TPSA) is 95.7 Å². The minimum absolute atomic E-state index is 0.130. The minimum atomic E-state index is 0.130. The number of aromatic nitrogens is 1. The monoisotopic (exact) mass is 362 g/mol. The van der Waals surface area contributed by atoms with Gasteiger partial charge in [0.25, 0.3) is 0 Å². The zero-order chi connectivity index (χ0) is 19.0. The van der Waals surface area contributed by atoms with Gasteiger partial charge in [0, 0.05) is 16.1 Å². The third-order valence-electron chi connectivity index (χ3n) is 4.48. The van der Waals surface area contributed by atoms with E-state index in [2.05, 4.69) is 17.1 Å². The van der Waals surface area contributed by atoms with Crippen LogP contribution in [0.3, 0.4) is 0 Å². The van der Waals surface area contributed by atoms with Crippen molar-refractivity contribution in [3.8, 4) is 17.9 Å². The molecule has 26 heavy (non-hydrogen) atoms. The molecule has 2 N–H and O–H groups in total. The molecule has 3 rings (SSSR count). The number of anilines is 1. The molecule has 2 aromatic rings. The zero-order valence-corrected chi connectivity index (χ0v) is 15.3. The fourth-order valence-corrected chi connectivity index (χ4v) is 3.35. The maximum atomic E-state index is 9.59. The lowest BCUT2D eigenvalue weighted by atomic mass is 9.95. The Balaban J connectivity index is 2.36. The van der Waals surface area contributed by atoms with E-state index in [1.165, 1.54) is 0 Å². The molecule has 128 valence electrons. The molecule has 0 aliphatic heterocycles. The molecule has 0 atom stereocenters. The van der Waals surface area contributed by atoms with E-state index in [0.29, 0.717) is 33.2 Å². The normalized spacial score (nSPS) is 14.2. The Morgan fingerprint density at radius 2 is 1.96 bits per heavy atom. The van der Waals surface area contributed by atoms with Gasteiger partial charge in [-0.2, -0.15) is 10.5 Å². The summed E-state index contributed by atoms with van der Waals surface area (Å²) in [5.74, 6) is 0.786. The summed E-state index contributed by atoms with van der Waals surface area (Å²) in [7, 11) is 1.58. The maximum Gasteiger partial charge on any atom is 0.142 e. The first-order valence-electron chi connectivity index (χ1n) is 7.80. The Morgan fingerprint density at radius 1 is 1.23 bits per heavy atom. The molecular formula is C20H15ClN4O. The number of pyridine rings is 1. The molecule has 1 aliphatic carbocycles. The molecule has 0 saturated heterocycles. The van der Waals surface area contributed by atoms with Crippen molar-refractivity contribution >= 4 is 34.6 Å². The van der Waals surface area contributed by atoms with Gasteiger partial charge in [-0.3, -0.25) is 0 Å². The van der Waals surface area contributed by atoms with Gasteiger partial charge < -0.3 is 10.5 Å². The summed E-state index contributed by atoms with van der Waals surface area (Å²) in [6, 6.07) is 9.61. The number of nitrogens with two attached hydrogens (primary N) is 1. The van der Waals surface area contributed by atoms with Crippen LogP contribution in [-0.2, 0) is 0 Å². The van der Waals surface area contributed by atoms with Gasteiger partial charge in [0.05, 0.1) is 23.9 Å². The summed E-state index contributed by atoms with van der Waals surface area (Å²) >= 11 is 6.13. The van der Waals surface area contributed by atoms with Crippen molar-refractivity contribution < 1.29 is 4.74 Å². The average Bonchev–Trinajstić information content (AvgIpc) is 2.87. The third-order valence-corrected chi connectivity index (χ3v) is 4.71. The van der Waals surface area contributed by atoms with Gasteiger partial charge in [-0.1, -0.05) is 11.6 Å². The largest absolute Gasteiger partial charge is 0.496 e. The summed E-state index contributed by atoms with van der Waals surface area (Å²) in [6.45, 7) is 3.66. The van der Waals surface area contributed by atoms with E-state index in [4.69, 9.17) is 22.1 Å². The van der Waals surface area contributed by atoms with E-state index in [1.54, 1.807) is 25.3 Å². The van der Waals surface area contributed by atoms with Crippen LogP contribution in [0.4, 0.5) is 5.82 Å². The van der Waals surface area contributed by atoms with Gasteiger partial charge in [-0.25, -0.2) is 4.98 Å². The molecular weight excluding hydrogens is 348 g/mol. The van der Waals surface area contributed by atoms with Crippen molar-refractivity contribution in [2.75, 3.05) is 12.8 Å². The number of nitrogen functional groups attached to an aromatic ring is 1. The first-order valence-corrected chi connectivity index (χ1v) is 8.18. The number of nitriles is 2. The van der Waals surface area contributed by atoms with E-state index in [1.807, 2.05) is 19.9 Å². The van der Waals surface area contributed by atoms with Crippen LogP contribution in [0.5, 0.6) is 5.75 Å². The molecule has 5 nitrogen and oxygen atoms in total. The predicted molar refractivity (Wildman–Crippen MR) is 102 cm³/mol. The number of hydrogen-bond acceptors (Lipinski definition) is 5. The lowest BCUT2D eigenvalue weighted by Crippen LogP contribution is -2.03. The number of benzene rings is 1. The zero-order valence-electron chi connectivity index (χ0n) is 14.5. The number of fused-ring (bicyclic) bond motifs is 1. The molecule has 1 aromatic carbocycles. The smallest absolute Gasteiger partial charge is 0.142 e. The molecule has 1 aromatic heterocycles. The van der Waals surface area contributed by atoms with Crippen molar-refractivity contribution in [2.45, 2.75) is 13.8 Å². The number of halogens is 1. The summed E-state index contributed by atoms with van der Waals surface area (Å²) < 4.78 is 5.41. The quantitative estimate of drug-likeness (QED) is 0.856. The second-order valence-corrected chi connectivity index (χ2v) is 6.32. The fourth-order valence-electron chi connectivity index (χ4n) is 3.17. The van der Waals surface area contributed by atoms with Gasteiger partial charge in [0.1, 0.15) is 23.7 Å². The van der Waals surface area contributed by atoms with Crippen LogP contribution in [0, 0.1) is 29.6 Å². The van der Waals surface area contributed by atoms with Crippen LogP contribution < -0.4 is 10.5 Å². The molecule has 0 fully saturated rings. The predicted octanol–water partition coefficient (Wildman–Crippen LogP) is 4.36. The van der Waals surface area contributed by atoms with Crippen LogP contribution in [0.25, 0.3) is 17.2 Å². The molecule has 0 spiro atoms. The minimum Gasteiger partial charge on any atom is -0.496 e. The van der Waals surface area contributed by atoms with Crippen LogP contribution in [-0.4, -0.2) is 12.1 Å². The van der Waals surface area contributed by atoms with Crippen LogP contribution in [0.2, 0.25) is 5.02 Å². The maximum absolute atomic E-state index is 9.59. The van der Waals surface area contributed by atoms with E-state index >= 15 is 0 Å². The van der Waals surface area contributed by atoms with Crippen molar-refractivity contribution in [3.63, 3.8) is 0 Å². The SMILES string of the molecule is COc1ccc(Cl)cc1C=C1C(C)=C(C#N)c2nc(N)c(C#N)c(C)c21. The second-order valence-electron chi connectivity index (χ2n) is 5.89. The highest BCUT2D eigenvalue weighted by molar-refractivity contribution is 6.30. The number of rotatable bonds is 2. The summed E-state index contributed by atoms with van der Waals surface area (Å²) in [5.41, 5.74) is 11.0. The third kappa shape index (κ3) is 2.60. The highest BCUT2D eigenvalue weighted by Crippen LogP contribution is 2.44. The molecule has 0 unspecified atom stereocenters. The molecule has 0 saturated carbocycles. The number of allylic oxidation sites excluding steroid dienone is 3. The second kappa shape index (κ2) is 6.55. The first kappa shape index (κ1) is 17.5. The van der Waals surface area contributed by atoms with Gasteiger partial charge in [-0.05, 0) is 54.8 Å². The van der Waals surface area contributed by atoms with E-state index in [0.717, 1.165) is 22.3 Å². The Kier molecular flexibility index (Phi) is 4.42. The molecule has 0 bridgehead atoms. The first-order chi connectivity index (χ1) is 12.4. The van der Waals surface area contributed by atoms with Gasteiger partial charge in [-0.15, -0.1) is 0 Å². The van der Waals surface area contributed by atoms with E-state index in [-0.39, 0.29) is 5.82 Å². The van der Waals surface area contributed by atoms with Crippen LogP contribution in [0.1, 0.15) is 34.9 Å². The Hall–Kier alpha value is -3.28. The van der Waals surface area contributed by atoms with Crippen LogP contribution >= 0.6 is 11.6 Å². The number of nitrogens with zero attached hydrogens (tertiary/aromatic N) is 3. The summed E-state index contributed by atoms with van der Waals surface area (Å²) in [5, 5.41) is 19.6. The summed E-state index contributed by atoms with van der Waals surface area (Å²) in [6.07, 6.45) is 1.90. The van der Waals surface area contributed by atoms with Crippen molar-refractivity contribution in [1.82, 2.24) is 4.98 Å². The van der Waals surface area contributed by atoms with E-state index < -0.39 is 0 Å². The molecule has 1 heterocycles. The van der Waals surface area contributed by atoms with Crippen molar-refractivity contribution in [3.05, 3.63) is 56.7 Å². The lowest BCUT2D eigenvalue weighted by molar-refractivity contribution is 0.414.